The molecule has 3 nitrogen and oxygen atoms in total. The van der Waals surface area contributed by atoms with Gasteiger partial charge in [-0.05, 0) is 25.7 Å². The van der Waals surface area contributed by atoms with Gasteiger partial charge in [0.15, 0.2) is 0 Å². The molecule has 1 amide bonds. The highest BCUT2D eigenvalue weighted by Gasteiger charge is 2.18. The molecule has 0 aliphatic carbocycles. The molecule has 0 spiro atoms. The van der Waals surface area contributed by atoms with Crippen LogP contribution < -0.4 is 0 Å². The van der Waals surface area contributed by atoms with Gasteiger partial charge in [-0.15, -0.1) is 0 Å². The van der Waals surface area contributed by atoms with Gasteiger partial charge in [-0.1, -0.05) is 27.2 Å². The van der Waals surface area contributed by atoms with E-state index >= 15 is 0 Å². The molecule has 2 atom stereocenters. The maximum absolute atomic E-state index is 12.0. The molecule has 0 bridgehead atoms. The number of nitrogens with zero attached hydrogens (tertiary/aromatic N) is 1. The number of rotatable bonds is 9. The molecule has 0 heterocycles. The molecule has 0 saturated carbocycles. The summed E-state index contributed by atoms with van der Waals surface area (Å²) in [7, 11) is 1.64. The normalized spacial score (nSPS) is 14.4. The SMILES string of the molecule is CCC(C)CCN(C(=O)CCOC)C(C)CC. The number of hydrogen-bond acceptors (Lipinski definition) is 2. The molecule has 102 valence electrons. The third-order valence-electron chi connectivity index (χ3n) is 3.52. The van der Waals surface area contributed by atoms with Gasteiger partial charge >= 0.3 is 0 Å². The third-order valence-corrected chi connectivity index (χ3v) is 3.52. The van der Waals surface area contributed by atoms with Gasteiger partial charge in [-0.2, -0.15) is 0 Å². The summed E-state index contributed by atoms with van der Waals surface area (Å²) in [5, 5.41) is 0. The third kappa shape index (κ3) is 6.67. The number of carbonyl (C=O) groups is 1. The number of ether oxygens (including phenoxy) is 1. The Morgan fingerprint density at radius 1 is 1.24 bits per heavy atom. The molecule has 0 saturated heterocycles. The van der Waals surface area contributed by atoms with Crippen molar-refractivity contribution in [3.63, 3.8) is 0 Å². The van der Waals surface area contributed by atoms with Gasteiger partial charge in [-0.3, -0.25) is 4.79 Å². The Hall–Kier alpha value is -0.570. The van der Waals surface area contributed by atoms with Gasteiger partial charge in [0.2, 0.25) is 5.91 Å². The Morgan fingerprint density at radius 3 is 2.35 bits per heavy atom. The van der Waals surface area contributed by atoms with Crippen molar-refractivity contribution in [3.05, 3.63) is 0 Å². The van der Waals surface area contributed by atoms with Crippen LogP contribution in [0.15, 0.2) is 0 Å². The Kier molecular flexibility index (Phi) is 9.14. The van der Waals surface area contributed by atoms with Gasteiger partial charge in [0.25, 0.3) is 0 Å². The predicted octanol–water partition coefficient (Wildman–Crippen LogP) is 3.09. The Morgan fingerprint density at radius 2 is 1.88 bits per heavy atom. The molecule has 17 heavy (non-hydrogen) atoms. The van der Waals surface area contributed by atoms with E-state index in [0.29, 0.717) is 25.0 Å². The van der Waals surface area contributed by atoms with E-state index in [1.165, 1.54) is 6.42 Å². The molecule has 0 aromatic heterocycles. The zero-order chi connectivity index (χ0) is 13.3. The first-order valence-corrected chi connectivity index (χ1v) is 6.85. The molecular formula is C14H29NO2. The van der Waals surface area contributed by atoms with E-state index in [1.807, 2.05) is 4.90 Å². The van der Waals surface area contributed by atoms with Crippen molar-refractivity contribution in [3.8, 4) is 0 Å². The lowest BCUT2D eigenvalue weighted by atomic mass is 10.0. The summed E-state index contributed by atoms with van der Waals surface area (Å²) in [6.45, 7) is 10.1. The molecule has 0 N–H and O–H groups in total. The van der Waals surface area contributed by atoms with Crippen molar-refractivity contribution >= 4 is 5.91 Å². The van der Waals surface area contributed by atoms with E-state index in [9.17, 15) is 4.79 Å². The topological polar surface area (TPSA) is 29.5 Å². The summed E-state index contributed by atoms with van der Waals surface area (Å²) in [4.78, 5) is 14.1. The zero-order valence-corrected chi connectivity index (χ0v) is 12.2. The lowest BCUT2D eigenvalue weighted by Crippen LogP contribution is -2.39. The number of hydrogen-bond donors (Lipinski definition) is 0. The van der Waals surface area contributed by atoms with Crippen molar-refractivity contribution in [1.29, 1.82) is 0 Å². The molecule has 0 aliphatic rings. The average Bonchev–Trinajstić information content (AvgIpc) is 2.35. The average molecular weight is 243 g/mol. The second kappa shape index (κ2) is 9.46. The van der Waals surface area contributed by atoms with Gasteiger partial charge in [0.1, 0.15) is 0 Å². The summed E-state index contributed by atoms with van der Waals surface area (Å²) >= 11 is 0. The lowest BCUT2D eigenvalue weighted by molar-refractivity contribution is -0.134. The lowest BCUT2D eigenvalue weighted by Gasteiger charge is -2.29. The fourth-order valence-electron chi connectivity index (χ4n) is 1.71. The van der Waals surface area contributed by atoms with Crippen molar-refractivity contribution in [2.45, 2.75) is 59.4 Å². The first-order chi connectivity index (χ1) is 8.06. The Balaban J connectivity index is 4.27. The number of methoxy groups -OCH3 is 1. The van der Waals surface area contributed by atoms with Crippen LogP contribution in [0.5, 0.6) is 0 Å². The van der Waals surface area contributed by atoms with Crippen LogP contribution in [0.3, 0.4) is 0 Å². The highest BCUT2D eigenvalue weighted by molar-refractivity contribution is 5.76. The van der Waals surface area contributed by atoms with Crippen LogP contribution >= 0.6 is 0 Å². The molecule has 2 unspecified atom stereocenters. The molecule has 0 aromatic carbocycles. The minimum atomic E-state index is 0.226. The smallest absolute Gasteiger partial charge is 0.225 e. The van der Waals surface area contributed by atoms with Crippen LogP contribution in [0.25, 0.3) is 0 Å². The van der Waals surface area contributed by atoms with Crippen LogP contribution in [0, 0.1) is 5.92 Å². The largest absolute Gasteiger partial charge is 0.384 e. The van der Waals surface area contributed by atoms with Crippen molar-refractivity contribution in [1.82, 2.24) is 4.90 Å². The monoisotopic (exact) mass is 243 g/mol. The zero-order valence-electron chi connectivity index (χ0n) is 12.2. The van der Waals surface area contributed by atoms with Crippen molar-refractivity contribution < 1.29 is 9.53 Å². The minimum absolute atomic E-state index is 0.226. The summed E-state index contributed by atoms with van der Waals surface area (Å²) in [5.74, 6) is 0.918. The van der Waals surface area contributed by atoms with Gasteiger partial charge in [0, 0.05) is 19.7 Å². The minimum Gasteiger partial charge on any atom is -0.384 e. The summed E-state index contributed by atoms with van der Waals surface area (Å²) in [6, 6.07) is 0.336. The molecule has 3 heteroatoms. The molecule has 0 aliphatic heterocycles. The van der Waals surface area contributed by atoms with E-state index in [2.05, 4.69) is 27.7 Å². The van der Waals surface area contributed by atoms with Crippen LogP contribution in [0.2, 0.25) is 0 Å². The molecule has 0 fully saturated rings. The molecular weight excluding hydrogens is 214 g/mol. The van der Waals surface area contributed by atoms with E-state index in [0.717, 1.165) is 19.4 Å². The fraction of sp³-hybridized carbons (Fsp3) is 0.929. The second-order valence-electron chi connectivity index (χ2n) is 4.89. The predicted molar refractivity (Wildman–Crippen MR) is 72.0 cm³/mol. The summed E-state index contributed by atoms with van der Waals surface area (Å²) < 4.78 is 4.98. The maximum Gasteiger partial charge on any atom is 0.225 e. The summed E-state index contributed by atoms with van der Waals surface area (Å²) in [6.07, 6.45) is 3.79. The van der Waals surface area contributed by atoms with E-state index < -0.39 is 0 Å². The summed E-state index contributed by atoms with van der Waals surface area (Å²) in [5.41, 5.74) is 0. The van der Waals surface area contributed by atoms with Gasteiger partial charge in [-0.25, -0.2) is 0 Å². The fourth-order valence-corrected chi connectivity index (χ4v) is 1.71. The van der Waals surface area contributed by atoms with Gasteiger partial charge < -0.3 is 9.64 Å². The van der Waals surface area contributed by atoms with Crippen molar-refractivity contribution in [2.75, 3.05) is 20.3 Å². The second-order valence-corrected chi connectivity index (χ2v) is 4.89. The van der Waals surface area contributed by atoms with E-state index in [4.69, 9.17) is 4.74 Å². The molecule has 0 radical (unpaired) electrons. The molecule has 0 aromatic rings. The number of carbonyl (C=O) groups excluding carboxylic acids is 1. The van der Waals surface area contributed by atoms with E-state index in [1.54, 1.807) is 7.11 Å². The number of amides is 1. The van der Waals surface area contributed by atoms with Gasteiger partial charge in [0.05, 0.1) is 13.0 Å². The standard InChI is InChI=1S/C14H29NO2/c1-6-12(3)8-10-15(13(4)7-2)14(16)9-11-17-5/h12-13H,6-11H2,1-5H3. The highest BCUT2D eigenvalue weighted by atomic mass is 16.5. The van der Waals surface area contributed by atoms with Crippen molar-refractivity contribution in [2.24, 2.45) is 5.92 Å². The van der Waals surface area contributed by atoms with Crippen LogP contribution in [-0.4, -0.2) is 37.1 Å². The first-order valence-electron chi connectivity index (χ1n) is 6.85. The van der Waals surface area contributed by atoms with Crippen LogP contribution in [0.4, 0.5) is 0 Å². The van der Waals surface area contributed by atoms with E-state index in [-0.39, 0.29) is 5.91 Å². The first kappa shape index (κ1) is 16.4. The Bertz CT molecular complexity index is 206. The Labute approximate surface area is 107 Å². The quantitative estimate of drug-likeness (QED) is 0.623. The highest BCUT2D eigenvalue weighted by Crippen LogP contribution is 2.12. The molecule has 0 rings (SSSR count). The van der Waals surface area contributed by atoms with Crippen LogP contribution in [0.1, 0.15) is 53.4 Å². The maximum atomic E-state index is 12.0. The van der Waals surface area contributed by atoms with Crippen LogP contribution in [-0.2, 0) is 9.53 Å².